The van der Waals surface area contributed by atoms with E-state index in [1.807, 2.05) is 12.1 Å². The number of para-hydroxylation sites is 1. The van der Waals surface area contributed by atoms with E-state index in [1.54, 1.807) is 0 Å². The fraction of sp³-hybridized carbons (Fsp3) is 0.571. The molecule has 0 aromatic heterocycles. The highest BCUT2D eigenvalue weighted by molar-refractivity contribution is 5.55. The molecule has 0 unspecified atom stereocenters. The van der Waals surface area contributed by atoms with Gasteiger partial charge in [0.1, 0.15) is 17.2 Å². The van der Waals surface area contributed by atoms with Crippen molar-refractivity contribution >= 4 is 0 Å². The first-order chi connectivity index (χ1) is 13.3. The van der Waals surface area contributed by atoms with E-state index in [-0.39, 0.29) is 21.7 Å². The van der Waals surface area contributed by atoms with Crippen LogP contribution in [0.5, 0.6) is 17.2 Å². The summed E-state index contributed by atoms with van der Waals surface area (Å²) in [5, 5.41) is 11.1. The number of rotatable bonds is 2. The van der Waals surface area contributed by atoms with Crippen molar-refractivity contribution in [3.8, 4) is 17.2 Å². The average Bonchev–Trinajstić information content (AvgIpc) is 2.52. The number of phenols is 1. The normalized spacial score (nSPS) is 13.5. The number of ether oxygens (including phenoxy) is 1. The Morgan fingerprint density at radius 3 is 1.20 bits per heavy atom. The van der Waals surface area contributed by atoms with Gasteiger partial charge >= 0.3 is 0 Å². The molecule has 0 fully saturated rings. The number of hydrogen-bond donors (Lipinski definition) is 1. The molecule has 0 aliphatic heterocycles. The molecule has 0 amide bonds. The van der Waals surface area contributed by atoms with Crippen molar-refractivity contribution in [2.24, 2.45) is 0 Å². The van der Waals surface area contributed by atoms with Crippen molar-refractivity contribution in [1.29, 1.82) is 0 Å². The van der Waals surface area contributed by atoms with Crippen LogP contribution >= 0.6 is 0 Å². The highest BCUT2D eigenvalue weighted by Crippen LogP contribution is 2.45. The molecule has 0 aliphatic rings. The van der Waals surface area contributed by atoms with E-state index in [0.29, 0.717) is 5.75 Å². The molecule has 0 radical (unpaired) electrons. The average molecular weight is 411 g/mol. The SMILES string of the molecule is CC(C)(C)c1cc(Oc2c(C(C)(C)C)cccc2C(C)(C)C)cc(C(C)(C)C)c1O. The maximum atomic E-state index is 11.1. The van der Waals surface area contributed by atoms with E-state index < -0.39 is 0 Å². The molecule has 2 rings (SSSR count). The Kier molecular flexibility index (Phi) is 6.18. The minimum Gasteiger partial charge on any atom is -0.507 e. The van der Waals surface area contributed by atoms with Crippen LogP contribution in [0.3, 0.4) is 0 Å². The third-order valence-corrected chi connectivity index (χ3v) is 5.55. The highest BCUT2D eigenvalue weighted by atomic mass is 16.5. The van der Waals surface area contributed by atoms with E-state index in [0.717, 1.165) is 22.6 Å². The Morgan fingerprint density at radius 1 is 0.567 bits per heavy atom. The van der Waals surface area contributed by atoms with Crippen molar-refractivity contribution in [2.75, 3.05) is 0 Å². The third-order valence-electron chi connectivity index (χ3n) is 5.55. The summed E-state index contributed by atoms with van der Waals surface area (Å²) in [5.74, 6) is 2.09. The van der Waals surface area contributed by atoms with Gasteiger partial charge in [0.05, 0.1) is 0 Å². The Bertz CT molecular complexity index is 840. The van der Waals surface area contributed by atoms with E-state index in [2.05, 4.69) is 101 Å². The van der Waals surface area contributed by atoms with Crippen LogP contribution in [0.1, 0.15) is 105 Å². The Labute approximate surface area is 184 Å². The predicted molar refractivity (Wildman–Crippen MR) is 129 cm³/mol. The van der Waals surface area contributed by atoms with Crippen LogP contribution < -0.4 is 4.74 Å². The zero-order valence-corrected chi connectivity index (χ0v) is 21.2. The molecule has 0 spiro atoms. The lowest BCUT2D eigenvalue weighted by atomic mass is 9.79. The third kappa shape index (κ3) is 5.20. The van der Waals surface area contributed by atoms with Crippen LogP contribution in [0.2, 0.25) is 0 Å². The van der Waals surface area contributed by atoms with Gasteiger partial charge in [-0.05, 0) is 33.8 Å². The van der Waals surface area contributed by atoms with Gasteiger partial charge in [-0.1, -0.05) is 101 Å². The van der Waals surface area contributed by atoms with E-state index in [4.69, 9.17) is 4.74 Å². The molecule has 1 N–H and O–H groups in total. The summed E-state index contributed by atoms with van der Waals surface area (Å²) >= 11 is 0. The predicted octanol–water partition coefficient (Wildman–Crippen LogP) is 8.37. The van der Waals surface area contributed by atoms with Crippen LogP contribution in [0, 0.1) is 0 Å². The largest absolute Gasteiger partial charge is 0.507 e. The number of benzene rings is 2. The van der Waals surface area contributed by atoms with Gasteiger partial charge in [-0.2, -0.15) is 0 Å². The smallest absolute Gasteiger partial charge is 0.134 e. The molecule has 2 aromatic rings. The molecule has 0 aliphatic carbocycles. The maximum absolute atomic E-state index is 11.1. The van der Waals surface area contributed by atoms with Crippen LogP contribution in [-0.2, 0) is 21.7 Å². The van der Waals surface area contributed by atoms with Gasteiger partial charge in [0, 0.05) is 22.3 Å². The molecule has 0 heterocycles. The van der Waals surface area contributed by atoms with Gasteiger partial charge in [-0.15, -0.1) is 0 Å². The van der Waals surface area contributed by atoms with Gasteiger partial charge in [0.15, 0.2) is 0 Å². The van der Waals surface area contributed by atoms with Crippen LogP contribution in [0.25, 0.3) is 0 Å². The molecule has 0 saturated heterocycles. The topological polar surface area (TPSA) is 29.5 Å². The van der Waals surface area contributed by atoms with Gasteiger partial charge in [0.25, 0.3) is 0 Å². The first-order valence-electron chi connectivity index (χ1n) is 11.0. The standard InChI is InChI=1S/C28H42O2/c1-25(2,3)19-14-13-15-20(26(4,5)6)24(19)30-18-16-21(27(7,8)9)23(29)22(17-18)28(10,11)12/h13-17,29H,1-12H3. The Hall–Kier alpha value is -1.96. The second kappa shape index (κ2) is 7.62. The lowest BCUT2D eigenvalue weighted by molar-refractivity contribution is 0.406. The second-order valence-electron chi connectivity index (χ2n) is 12.7. The van der Waals surface area contributed by atoms with Crippen LogP contribution in [0.4, 0.5) is 0 Å². The summed E-state index contributed by atoms with van der Waals surface area (Å²) in [4.78, 5) is 0. The molecule has 30 heavy (non-hydrogen) atoms. The molecule has 2 aromatic carbocycles. The molecular weight excluding hydrogens is 368 g/mol. The summed E-state index contributed by atoms with van der Waals surface area (Å²) < 4.78 is 6.71. The maximum Gasteiger partial charge on any atom is 0.134 e. The molecule has 0 saturated carbocycles. The van der Waals surface area contributed by atoms with Crippen molar-refractivity contribution < 1.29 is 9.84 Å². The minimum absolute atomic E-state index is 0.0484. The zero-order chi connectivity index (χ0) is 23.3. The number of hydrogen-bond acceptors (Lipinski definition) is 2. The van der Waals surface area contributed by atoms with Gasteiger partial charge in [0.2, 0.25) is 0 Å². The summed E-state index contributed by atoms with van der Waals surface area (Å²) in [6, 6.07) is 10.5. The Balaban J connectivity index is 2.80. The van der Waals surface area contributed by atoms with E-state index in [1.165, 1.54) is 11.1 Å². The molecule has 2 heteroatoms. The van der Waals surface area contributed by atoms with Crippen molar-refractivity contribution in [2.45, 2.75) is 105 Å². The summed E-state index contributed by atoms with van der Waals surface area (Å²) in [6.45, 7) is 26.1. The quantitative estimate of drug-likeness (QED) is 0.539. The van der Waals surface area contributed by atoms with Crippen LogP contribution in [0.15, 0.2) is 30.3 Å². The van der Waals surface area contributed by atoms with Crippen molar-refractivity contribution in [3.05, 3.63) is 52.6 Å². The summed E-state index contributed by atoms with van der Waals surface area (Å²) in [5.41, 5.74) is 3.72. The Morgan fingerprint density at radius 2 is 0.900 bits per heavy atom. The fourth-order valence-electron chi connectivity index (χ4n) is 3.76. The van der Waals surface area contributed by atoms with E-state index in [9.17, 15) is 5.11 Å². The summed E-state index contributed by atoms with van der Waals surface area (Å²) in [6.07, 6.45) is 0. The highest BCUT2D eigenvalue weighted by Gasteiger charge is 2.30. The molecular formula is C28H42O2. The first-order valence-corrected chi connectivity index (χ1v) is 11.0. The van der Waals surface area contributed by atoms with Gasteiger partial charge in [-0.3, -0.25) is 0 Å². The summed E-state index contributed by atoms with van der Waals surface area (Å²) in [7, 11) is 0. The van der Waals surface area contributed by atoms with Crippen molar-refractivity contribution in [1.82, 2.24) is 0 Å². The molecule has 2 nitrogen and oxygen atoms in total. The zero-order valence-electron chi connectivity index (χ0n) is 21.2. The first kappa shape index (κ1) is 24.3. The lowest BCUT2D eigenvalue weighted by Gasteiger charge is -2.31. The second-order valence-corrected chi connectivity index (χ2v) is 12.7. The molecule has 0 atom stereocenters. The van der Waals surface area contributed by atoms with E-state index >= 15 is 0 Å². The molecule has 166 valence electrons. The van der Waals surface area contributed by atoms with Gasteiger partial charge in [-0.25, -0.2) is 0 Å². The van der Waals surface area contributed by atoms with Crippen LogP contribution in [-0.4, -0.2) is 5.11 Å². The fourth-order valence-corrected chi connectivity index (χ4v) is 3.76. The minimum atomic E-state index is -0.195. The monoisotopic (exact) mass is 410 g/mol. The van der Waals surface area contributed by atoms with Gasteiger partial charge < -0.3 is 9.84 Å². The number of aromatic hydroxyl groups is 1. The lowest BCUT2D eigenvalue weighted by Crippen LogP contribution is -2.19. The number of phenolic OH excluding ortho intramolecular Hbond substituents is 1. The van der Waals surface area contributed by atoms with Crippen molar-refractivity contribution in [3.63, 3.8) is 0 Å². The molecule has 0 bridgehead atoms.